The fourth-order valence-electron chi connectivity index (χ4n) is 6.84. The first-order valence-corrected chi connectivity index (χ1v) is 11.1. The molecule has 1 amide bonds. The van der Waals surface area contributed by atoms with Crippen molar-refractivity contribution >= 4 is 11.4 Å². The number of amides is 1. The van der Waals surface area contributed by atoms with Crippen molar-refractivity contribution < 1.29 is 13.6 Å². The number of carbonyl (C=O) groups excluding carboxylic acids is 1. The Labute approximate surface area is 175 Å². The highest BCUT2D eigenvalue weighted by Crippen LogP contribution is 2.55. The monoisotopic (exact) mass is 404 g/mol. The van der Waals surface area contributed by atoms with Crippen molar-refractivity contribution in [3.63, 3.8) is 0 Å². The molecule has 0 atom stereocenters. The largest absolute Gasteiger partial charge is 0.351 e. The van der Waals surface area contributed by atoms with Gasteiger partial charge in [-0.25, -0.2) is 9.37 Å². The normalized spacial score (nSPS) is 29.5. The van der Waals surface area contributed by atoms with Crippen molar-refractivity contribution in [2.45, 2.75) is 51.0 Å². The maximum atomic E-state index is 14.7. The number of aromatic amines is 1. The van der Waals surface area contributed by atoms with Crippen LogP contribution in [-0.4, -0.2) is 16.4 Å². The number of fused-ring (bicyclic) bond motifs is 1. The molecule has 0 aliphatic heterocycles. The molecule has 2 N–H and O–H groups in total. The summed E-state index contributed by atoms with van der Waals surface area (Å²) in [5.41, 5.74) is 2.74. The zero-order chi connectivity index (χ0) is 20.5. The first-order valence-electron chi connectivity index (χ1n) is 11.1. The third kappa shape index (κ3) is 2.78. The molecule has 4 bridgehead atoms. The Morgan fingerprint density at radius 2 is 1.80 bits per heavy atom. The summed E-state index contributed by atoms with van der Waals surface area (Å²) >= 11 is 0. The molecule has 4 fully saturated rings. The standard InChI is InChI=1S/C25H26FN3O/c1-15-5-6-19(20(26)8-15)22-21-4-2-3-7-29(21)23(27-22)24(30)28-25-12-16-9-17(13-25)11-18(10-16)14-25/h2-8,16-18H,9-14H2,1H3,(H,28,30)/p+1. The fourth-order valence-corrected chi connectivity index (χ4v) is 6.84. The molecule has 5 heteroatoms. The number of rotatable bonds is 3. The number of carbonyl (C=O) groups is 1. The molecule has 0 radical (unpaired) electrons. The summed E-state index contributed by atoms with van der Waals surface area (Å²) in [7, 11) is 0. The lowest BCUT2D eigenvalue weighted by Crippen LogP contribution is -2.60. The number of pyridine rings is 1. The van der Waals surface area contributed by atoms with Gasteiger partial charge in [0, 0.05) is 5.54 Å². The van der Waals surface area contributed by atoms with Crippen molar-refractivity contribution in [1.82, 2.24) is 10.3 Å². The lowest BCUT2D eigenvalue weighted by Gasteiger charge is -2.56. The Bertz CT molecular complexity index is 1130. The van der Waals surface area contributed by atoms with Crippen LogP contribution in [0.2, 0.25) is 0 Å². The van der Waals surface area contributed by atoms with Crippen LogP contribution in [0.15, 0.2) is 42.6 Å². The molecule has 4 nitrogen and oxygen atoms in total. The van der Waals surface area contributed by atoms with E-state index in [0.717, 1.165) is 48.1 Å². The minimum absolute atomic E-state index is 0.0616. The number of hydrogen-bond acceptors (Lipinski definition) is 1. The van der Waals surface area contributed by atoms with Crippen molar-refractivity contribution in [2.75, 3.05) is 0 Å². The van der Waals surface area contributed by atoms with Crippen LogP contribution in [0, 0.1) is 30.5 Å². The number of halogens is 1. The lowest BCUT2D eigenvalue weighted by molar-refractivity contribution is -0.514. The SMILES string of the molecule is Cc1ccc(-c2[nH]c(C(=O)NC34CC5CC(CC(C5)C3)C4)[n+]3ccccc23)c(F)c1. The van der Waals surface area contributed by atoms with E-state index in [1.165, 1.54) is 25.3 Å². The maximum absolute atomic E-state index is 14.7. The minimum Gasteiger partial charge on any atom is -0.340 e. The summed E-state index contributed by atoms with van der Waals surface area (Å²) in [6.45, 7) is 1.87. The summed E-state index contributed by atoms with van der Waals surface area (Å²) in [5, 5.41) is 3.44. The van der Waals surface area contributed by atoms with Gasteiger partial charge >= 0.3 is 11.7 Å². The number of benzene rings is 1. The molecule has 30 heavy (non-hydrogen) atoms. The smallest absolute Gasteiger partial charge is 0.340 e. The summed E-state index contributed by atoms with van der Waals surface area (Å²) in [4.78, 5) is 16.7. The van der Waals surface area contributed by atoms with Gasteiger partial charge in [-0.15, -0.1) is 0 Å². The number of aryl methyl sites for hydroxylation is 1. The first-order chi connectivity index (χ1) is 14.5. The summed E-state index contributed by atoms with van der Waals surface area (Å²) in [5.74, 6) is 2.40. The van der Waals surface area contributed by atoms with Gasteiger partial charge in [0.1, 0.15) is 5.82 Å². The molecule has 4 aliphatic carbocycles. The topological polar surface area (TPSA) is 49.0 Å². The van der Waals surface area contributed by atoms with Gasteiger partial charge in [0.2, 0.25) is 0 Å². The molecule has 4 saturated carbocycles. The molecule has 154 valence electrons. The van der Waals surface area contributed by atoms with Crippen LogP contribution in [-0.2, 0) is 0 Å². The van der Waals surface area contributed by atoms with Gasteiger partial charge in [0.05, 0.1) is 11.8 Å². The fraction of sp³-hybridized carbons (Fsp3) is 0.440. The average molecular weight is 405 g/mol. The summed E-state index contributed by atoms with van der Waals surface area (Å²) in [6, 6.07) is 11.0. The van der Waals surface area contributed by atoms with Gasteiger partial charge in [-0.1, -0.05) is 12.1 Å². The number of imidazole rings is 1. The van der Waals surface area contributed by atoms with E-state index in [9.17, 15) is 9.18 Å². The van der Waals surface area contributed by atoms with Gasteiger partial charge in [0.25, 0.3) is 0 Å². The second kappa shape index (κ2) is 6.40. The zero-order valence-corrected chi connectivity index (χ0v) is 17.2. The second-order valence-corrected chi connectivity index (χ2v) is 9.94. The van der Waals surface area contributed by atoms with E-state index >= 15 is 0 Å². The highest BCUT2D eigenvalue weighted by atomic mass is 19.1. The Kier molecular flexibility index (Phi) is 3.86. The molecule has 4 aliphatic rings. The zero-order valence-electron chi connectivity index (χ0n) is 17.2. The van der Waals surface area contributed by atoms with Gasteiger partial charge in [-0.05, 0) is 93.0 Å². The van der Waals surface area contributed by atoms with Crippen molar-refractivity contribution in [2.24, 2.45) is 17.8 Å². The Hall–Kier alpha value is -2.69. The molecule has 0 unspecified atom stereocenters. The molecule has 2 aromatic heterocycles. The van der Waals surface area contributed by atoms with E-state index in [0.29, 0.717) is 17.1 Å². The number of nitrogens with one attached hydrogen (secondary N) is 2. The first kappa shape index (κ1) is 18.1. The van der Waals surface area contributed by atoms with Gasteiger partial charge < -0.3 is 5.32 Å². The maximum Gasteiger partial charge on any atom is 0.351 e. The summed E-state index contributed by atoms with van der Waals surface area (Å²) < 4.78 is 16.6. The molecule has 7 rings (SSSR count). The third-order valence-corrected chi connectivity index (χ3v) is 7.63. The molecule has 0 saturated heterocycles. The predicted molar refractivity (Wildman–Crippen MR) is 112 cm³/mol. The van der Waals surface area contributed by atoms with E-state index < -0.39 is 0 Å². The van der Waals surface area contributed by atoms with Crippen LogP contribution in [0.4, 0.5) is 4.39 Å². The van der Waals surface area contributed by atoms with Crippen LogP contribution in [0.1, 0.15) is 54.7 Å². The Morgan fingerprint density at radius 1 is 1.10 bits per heavy atom. The Balaban J connectivity index is 1.39. The highest BCUT2D eigenvalue weighted by molar-refractivity contribution is 5.92. The van der Waals surface area contributed by atoms with Crippen LogP contribution in [0.25, 0.3) is 16.8 Å². The molecule has 0 spiro atoms. The van der Waals surface area contributed by atoms with E-state index in [4.69, 9.17) is 0 Å². The second-order valence-electron chi connectivity index (χ2n) is 9.94. The molecule has 3 aromatic rings. The van der Waals surface area contributed by atoms with Crippen molar-refractivity contribution in [3.05, 3.63) is 59.8 Å². The summed E-state index contributed by atoms with van der Waals surface area (Å²) in [6.07, 6.45) is 9.20. The third-order valence-electron chi connectivity index (χ3n) is 7.63. The minimum atomic E-state index is -0.282. The van der Waals surface area contributed by atoms with Gasteiger partial charge in [-0.2, -0.15) is 4.40 Å². The van der Waals surface area contributed by atoms with Crippen LogP contribution in [0.3, 0.4) is 0 Å². The van der Waals surface area contributed by atoms with Crippen LogP contribution < -0.4 is 9.72 Å². The quantitative estimate of drug-likeness (QED) is 0.618. The molecule has 2 heterocycles. The van der Waals surface area contributed by atoms with Crippen LogP contribution >= 0.6 is 0 Å². The lowest BCUT2D eigenvalue weighted by atomic mass is 9.53. The molecular formula is C25H27FN3O+. The number of nitrogens with zero attached hydrogens (tertiary/aromatic N) is 1. The molecule has 1 aromatic carbocycles. The van der Waals surface area contributed by atoms with E-state index in [2.05, 4.69) is 10.3 Å². The number of hydrogen-bond donors (Lipinski definition) is 2. The van der Waals surface area contributed by atoms with E-state index in [1.54, 1.807) is 6.07 Å². The van der Waals surface area contributed by atoms with Crippen molar-refractivity contribution in [1.29, 1.82) is 0 Å². The highest BCUT2D eigenvalue weighted by Gasteiger charge is 2.52. The van der Waals surface area contributed by atoms with Gasteiger partial charge in [-0.3, -0.25) is 4.79 Å². The number of aromatic nitrogens is 2. The molecular weight excluding hydrogens is 377 g/mol. The Morgan fingerprint density at radius 3 is 2.47 bits per heavy atom. The van der Waals surface area contributed by atoms with E-state index in [-0.39, 0.29) is 17.3 Å². The average Bonchev–Trinajstić information content (AvgIpc) is 3.06. The van der Waals surface area contributed by atoms with Gasteiger partial charge in [0.15, 0.2) is 11.2 Å². The van der Waals surface area contributed by atoms with Crippen LogP contribution in [0.5, 0.6) is 0 Å². The van der Waals surface area contributed by atoms with Crippen molar-refractivity contribution in [3.8, 4) is 11.3 Å². The van der Waals surface area contributed by atoms with E-state index in [1.807, 2.05) is 41.8 Å². The predicted octanol–water partition coefficient (Wildman–Crippen LogP) is 4.57. The number of H-pyrrole nitrogens is 1.